The molecule has 6 rings (SSSR count). The summed E-state index contributed by atoms with van der Waals surface area (Å²) >= 11 is 1.82. The number of hydrogen-bond acceptors (Lipinski definition) is 15. The molecule has 71 heavy (non-hydrogen) atoms. The van der Waals surface area contributed by atoms with Gasteiger partial charge in [-0.15, -0.1) is 6.58 Å². The normalized spacial score (nSPS) is 37.2. The third-order valence-electron chi connectivity index (χ3n) is 15.4. The number of rotatable bonds is 12. The van der Waals surface area contributed by atoms with Gasteiger partial charge < -0.3 is 48.3 Å². The minimum atomic E-state index is -2.52. The molecule has 4 aliphatic heterocycles. The lowest BCUT2D eigenvalue weighted by Crippen LogP contribution is -2.64. The molecule has 1 aromatic carbocycles. The fourth-order valence-electron chi connectivity index (χ4n) is 11.2. The number of esters is 2. The predicted octanol–water partition coefficient (Wildman–Crippen LogP) is 7.27. The molecule has 394 valence electrons. The number of cyclic esters (lactones) is 2. The zero-order chi connectivity index (χ0) is 51.6. The van der Waals surface area contributed by atoms with Crippen molar-refractivity contribution in [2.24, 2.45) is 29.6 Å². The zero-order valence-corrected chi connectivity index (χ0v) is 43.9. The Morgan fingerprint density at radius 1 is 0.901 bits per heavy atom. The van der Waals surface area contributed by atoms with Crippen LogP contribution in [0.15, 0.2) is 60.2 Å². The van der Waals surface area contributed by atoms with E-state index in [4.69, 9.17) is 33.2 Å². The number of piperidine rings is 1. The highest BCUT2D eigenvalue weighted by molar-refractivity contribution is 7.99. The first-order valence-corrected chi connectivity index (χ1v) is 26.7. The Bertz CT molecular complexity index is 2080. The summed E-state index contributed by atoms with van der Waals surface area (Å²) in [6.45, 7) is 13.6. The molecule has 2 N–H and O–H groups in total. The Morgan fingerprint density at radius 3 is 2.27 bits per heavy atom. The zero-order valence-electron chi connectivity index (χ0n) is 43.1. The number of benzene rings is 1. The van der Waals surface area contributed by atoms with E-state index in [1.807, 2.05) is 62.9 Å². The van der Waals surface area contributed by atoms with Crippen molar-refractivity contribution in [1.29, 1.82) is 0 Å². The van der Waals surface area contributed by atoms with Crippen LogP contribution in [0.4, 0.5) is 0 Å². The molecule has 2 bridgehead atoms. The summed E-state index contributed by atoms with van der Waals surface area (Å²) in [5.41, 5.74) is 2.77. The summed E-state index contributed by atoms with van der Waals surface area (Å²) in [7, 11) is 4.78. The van der Waals surface area contributed by atoms with Gasteiger partial charge >= 0.3 is 11.9 Å². The monoisotopic (exact) mass is 1010 g/mol. The number of amides is 1. The molecule has 3 saturated heterocycles. The molecule has 0 radical (unpaired) electrons. The quantitative estimate of drug-likeness (QED) is 0.121. The number of aliphatic hydroxyl groups excluding tert-OH is 1. The number of Topliss-reactive ketones (excluding diaryl/α,β-unsaturated/α-hetero) is 2. The van der Waals surface area contributed by atoms with Crippen molar-refractivity contribution in [1.82, 2.24) is 4.90 Å². The van der Waals surface area contributed by atoms with Gasteiger partial charge in [-0.3, -0.25) is 14.4 Å². The van der Waals surface area contributed by atoms with Crippen LogP contribution in [0.5, 0.6) is 5.75 Å². The van der Waals surface area contributed by atoms with Crippen molar-refractivity contribution in [3.8, 4) is 5.75 Å². The average molecular weight is 1010 g/mol. The van der Waals surface area contributed by atoms with E-state index < -0.39 is 83.9 Å². The number of carbonyl (C=O) groups is 5. The van der Waals surface area contributed by atoms with Crippen LogP contribution in [0.2, 0.25) is 0 Å². The SMILES string of the molecule is C=CC[C@@H]1/C=C(\C)C[C@H](C)C[C@H](OC)[C@H]2O[C@@](O)(C(=O)C(=O)N3CCCC[C@H]3C(=O)OC(/C(C)=C/[C@@H]3CCC(SCc4ccc(O[C@H]5CCOC5=O)cc4)[C@H](OC)C3)[C@H](C)[C@@H](O)CC1=O)[C@H](C)C[C@@H]2OC. The van der Waals surface area contributed by atoms with E-state index in [-0.39, 0.29) is 60.7 Å². The molecule has 4 heterocycles. The molecule has 0 aromatic heterocycles. The Balaban J connectivity index is 1.25. The number of nitrogens with zero attached hydrogens (tertiary/aromatic N) is 1. The van der Waals surface area contributed by atoms with Gasteiger partial charge in [-0.2, -0.15) is 11.8 Å². The summed E-state index contributed by atoms with van der Waals surface area (Å²) in [5.74, 6) is -6.71. The summed E-state index contributed by atoms with van der Waals surface area (Å²) in [6.07, 6.45) is 6.45. The molecule has 1 aromatic rings. The van der Waals surface area contributed by atoms with Crippen molar-refractivity contribution < 1.29 is 67.3 Å². The van der Waals surface area contributed by atoms with Gasteiger partial charge in [0.15, 0.2) is 6.10 Å². The molecule has 2 unspecified atom stereocenters. The fourth-order valence-corrected chi connectivity index (χ4v) is 12.6. The third-order valence-corrected chi connectivity index (χ3v) is 16.9. The molecule has 1 aliphatic carbocycles. The largest absolute Gasteiger partial charge is 0.479 e. The summed E-state index contributed by atoms with van der Waals surface area (Å²) < 4.78 is 41.4. The molecule has 16 heteroatoms. The minimum Gasteiger partial charge on any atom is -0.479 e. The van der Waals surface area contributed by atoms with E-state index in [1.165, 1.54) is 19.1 Å². The summed E-state index contributed by atoms with van der Waals surface area (Å²) in [6, 6.07) is 6.60. The smallest absolute Gasteiger partial charge is 0.347 e. The van der Waals surface area contributed by atoms with Crippen LogP contribution in [0, 0.1) is 29.6 Å². The van der Waals surface area contributed by atoms with Gasteiger partial charge in [-0.25, -0.2) is 9.59 Å². The maximum atomic E-state index is 14.6. The van der Waals surface area contributed by atoms with Crippen molar-refractivity contribution >= 4 is 41.2 Å². The number of ether oxygens (including phenoxy) is 7. The van der Waals surface area contributed by atoms with Gasteiger partial charge in [0.25, 0.3) is 11.7 Å². The van der Waals surface area contributed by atoms with Crippen molar-refractivity contribution in [2.45, 2.75) is 177 Å². The van der Waals surface area contributed by atoms with Crippen LogP contribution in [-0.4, -0.2) is 139 Å². The van der Waals surface area contributed by atoms with Crippen molar-refractivity contribution in [3.05, 3.63) is 65.8 Å². The Labute approximate surface area is 424 Å². The lowest BCUT2D eigenvalue weighted by atomic mass is 9.82. The topological polar surface area (TPSA) is 194 Å². The molecule has 1 amide bonds. The Morgan fingerprint density at radius 2 is 1.61 bits per heavy atom. The van der Waals surface area contributed by atoms with Crippen LogP contribution < -0.4 is 4.74 Å². The maximum Gasteiger partial charge on any atom is 0.347 e. The van der Waals surface area contributed by atoms with Crippen LogP contribution in [0.1, 0.15) is 117 Å². The highest BCUT2D eigenvalue weighted by Crippen LogP contribution is 2.40. The second-order valence-electron chi connectivity index (χ2n) is 20.8. The van der Waals surface area contributed by atoms with Crippen molar-refractivity contribution in [2.75, 3.05) is 34.5 Å². The first kappa shape index (κ1) is 56.4. The first-order chi connectivity index (χ1) is 33.9. The highest BCUT2D eigenvalue weighted by atomic mass is 32.2. The lowest BCUT2D eigenvalue weighted by Gasteiger charge is -2.47. The Kier molecular flexibility index (Phi) is 20.5. The summed E-state index contributed by atoms with van der Waals surface area (Å²) in [5, 5.41) is 24.3. The van der Waals surface area contributed by atoms with Gasteiger partial charge in [0, 0.05) is 69.5 Å². The van der Waals surface area contributed by atoms with Gasteiger partial charge in [0.05, 0.1) is 31.0 Å². The van der Waals surface area contributed by atoms with E-state index in [0.29, 0.717) is 62.9 Å². The van der Waals surface area contributed by atoms with E-state index in [0.717, 1.165) is 29.7 Å². The molecular formula is C55H79NO14S. The standard InChI is InChI=1S/C55H79NO14S/c1-10-13-39-25-32(2)24-33(3)26-46(65-8)50-47(66-9)28-35(5)55(63,70-50)51(59)52(60)56-22-12-11-14-41(56)53(61)69-49(36(6)42(57)30-43(39)58)34(4)27-38-17-20-48(45(29-38)64-7)71-31-37-15-18-40(19-16-37)68-44-21-23-67-54(44)62/h10,15-16,18-19,25,27,33,35-36,38-39,41-42,44-50,57,63H,1,11-14,17,20-24,26,28-31H2,2-9H3/b32-25+,34-27+/t33-,35+,36+,38-,39+,41-,42-,44-,45+,46-,47-,48?,49?,50+,55+/m0/s1. The molecular weight excluding hydrogens is 931 g/mol. The van der Waals surface area contributed by atoms with Gasteiger partial charge in [-0.1, -0.05) is 56.7 Å². The van der Waals surface area contributed by atoms with E-state index in [2.05, 4.69) is 12.7 Å². The second-order valence-corrected chi connectivity index (χ2v) is 22.0. The van der Waals surface area contributed by atoms with Crippen LogP contribution in [0.25, 0.3) is 0 Å². The number of aliphatic hydroxyl groups is 2. The Hall–Kier alpha value is -3.90. The van der Waals surface area contributed by atoms with Crippen LogP contribution in [0.3, 0.4) is 0 Å². The molecule has 0 spiro atoms. The number of hydrogen-bond donors (Lipinski definition) is 2. The van der Waals surface area contributed by atoms with Crippen LogP contribution >= 0.6 is 11.8 Å². The first-order valence-electron chi connectivity index (χ1n) is 25.7. The van der Waals surface area contributed by atoms with Gasteiger partial charge in [0.2, 0.25) is 5.79 Å². The molecule has 15 atom stereocenters. The number of allylic oxidation sites excluding steroid dienone is 4. The molecule has 4 fully saturated rings. The molecule has 1 saturated carbocycles. The highest BCUT2D eigenvalue weighted by Gasteiger charge is 2.56. The lowest BCUT2D eigenvalue weighted by molar-refractivity contribution is -0.302. The maximum absolute atomic E-state index is 14.6. The third kappa shape index (κ3) is 14.0. The minimum absolute atomic E-state index is 0.000914. The number of thioether (sulfide) groups is 1. The predicted molar refractivity (Wildman–Crippen MR) is 268 cm³/mol. The number of carbonyl (C=O) groups excluding carboxylic acids is 5. The second kappa shape index (κ2) is 25.9. The molecule has 15 nitrogen and oxygen atoms in total. The van der Waals surface area contributed by atoms with E-state index >= 15 is 0 Å². The van der Waals surface area contributed by atoms with Gasteiger partial charge in [-0.05, 0) is 113 Å². The number of ketones is 2. The fraction of sp³-hybridized carbons (Fsp3) is 0.691. The summed E-state index contributed by atoms with van der Waals surface area (Å²) in [4.78, 5) is 70.6. The molecule has 5 aliphatic rings. The number of fused-ring (bicyclic) bond motifs is 3. The van der Waals surface area contributed by atoms with Crippen LogP contribution in [-0.2, 0) is 58.1 Å². The van der Waals surface area contributed by atoms with E-state index in [9.17, 15) is 34.2 Å². The number of methoxy groups -OCH3 is 3. The van der Waals surface area contributed by atoms with E-state index in [1.54, 1.807) is 27.0 Å². The van der Waals surface area contributed by atoms with Crippen molar-refractivity contribution in [3.63, 3.8) is 0 Å². The average Bonchev–Trinajstić information content (AvgIpc) is 3.77. The van der Waals surface area contributed by atoms with Gasteiger partial charge in [0.1, 0.15) is 29.8 Å².